The molecule has 1 fully saturated rings. The first-order valence-electron chi connectivity index (χ1n) is 11.4. The lowest BCUT2D eigenvalue weighted by molar-refractivity contribution is -0.248. The third-order valence-electron chi connectivity index (χ3n) is 7.21. The summed E-state index contributed by atoms with van der Waals surface area (Å²) < 4.78 is 11.7. The van der Waals surface area contributed by atoms with E-state index in [1.807, 2.05) is 0 Å². The summed E-state index contributed by atoms with van der Waals surface area (Å²) in [6.07, 6.45) is -3.97. The third-order valence-corrected chi connectivity index (χ3v) is 7.21. The number of hydrogen-bond donors (Lipinski definition) is 6. The third kappa shape index (κ3) is 3.99. The van der Waals surface area contributed by atoms with E-state index in [1.165, 1.54) is 12.1 Å². The van der Waals surface area contributed by atoms with E-state index >= 15 is 0 Å². The molecule has 2 aliphatic carbocycles. The number of phenolic OH excluding ortho intramolecular Hbond substituents is 2. The average molecular weight is 522 g/mol. The van der Waals surface area contributed by atoms with E-state index in [-0.39, 0.29) is 65.1 Å². The Labute approximate surface area is 212 Å². The largest absolute Gasteiger partial charge is 0.507 e. The molecule has 5 rings (SSSR count). The molecule has 6 atom stereocenters. The normalized spacial score (nSPS) is 31.2. The summed E-state index contributed by atoms with van der Waals surface area (Å²) in [5.74, 6) is -2.34. The zero-order chi connectivity index (χ0) is 25.2. The number of rotatable bonds is 3. The van der Waals surface area contributed by atoms with Crippen LogP contribution in [0.3, 0.4) is 0 Å². The number of aliphatic hydroxyl groups is 3. The maximum absolute atomic E-state index is 13.3. The van der Waals surface area contributed by atoms with Crippen molar-refractivity contribution >= 4 is 24.0 Å². The Kier molecular flexibility index (Phi) is 6.91. The van der Waals surface area contributed by atoms with Gasteiger partial charge in [-0.3, -0.25) is 9.59 Å². The van der Waals surface area contributed by atoms with Crippen molar-refractivity contribution in [1.29, 1.82) is 0 Å². The fourth-order valence-electron chi connectivity index (χ4n) is 5.35. The SMILES string of the molecule is C[C@@H]1OC(O[C@H]2C[C@](O)(CO)Cc3c(O)c4c(c(O)c32)C(=O)c2ccccc2C4=O)C[C@H](N)[C@@H]1O.Cl. The molecular weight excluding hydrogens is 494 g/mol. The smallest absolute Gasteiger partial charge is 0.198 e. The second kappa shape index (κ2) is 9.38. The molecule has 1 unspecified atom stereocenters. The fourth-order valence-corrected chi connectivity index (χ4v) is 5.35. The number of hydrogen-bond acceptors (Lipinski definition) is 10. The van der Waals surface area contributed by atoms with E-state index in [2.05, 4.69) is 0 Å². The van der Waals surface area contributed by atoms with E-state index in [0.717, 1.165) is 0 Å². The van der Waals surface area contributed by atoms with Crippen molar-refractivity contribution in [3.05, 3.63) is 57.6 Å². The molecule has 3 aliphatic rings. The molecule has 1 aliphatic heterocycles. The molecule has 1 saturated heterocycles. The minimum Gasteiger partial charge on any atom is -0.507 e. The van der Waals surface area contributed by atoms with Crippen molar-refractivity contribution in [2.24, 2.45) is 5.73 Å². The highest BCUT2D eigenvalue weighted by Crippen LogP contribution is 2.51. The molecule has 0 aromatic heterocycles. The molecule has 0 radical (unpaired) electrons. The minimum atomic E-state index is -1.74. The Bertz CT molecular complexity index is 1220. The van der Waals surface area contributed by atoms with Crippen LogP contribution < -0.4 is 5.73 Å². The summed E-state index contributed by atoms with van der Waals surface area (Å²) in [5.41, 5.74) is 3.81. The summed E-state index contributed by atoms with van der Waals surface area (Å²) in [6, 6.07) is 5.47. The van der Waals surface area contributed by atoms with Crippen LogP contribution >= 0.6 is 12.4 Å². The molecule has 2 aromatic rings. The van der Waals surface area contributed by atoms with Gasteiger partial charge < -0.3 is 40.7 Å². The Balaban J connectivity index is 0.00000304. The van der Waals surface area contributed by atoms with Gasteiger partial charge >= 0.3 is 0 Å². The lowest BCUT2D eigenvalue weighted by atomic mass is 9.73. The summed E-state index contributed by atoms with van der Waals surface area (Å²) in [4.78, 5) is 26.5. The number of ketones is 2. The first-order valence-corrected chi connectivity index (χ1v) is 11.4. The van der Waals surface area contributed by atoms with Crippen LogP contribution in [0.4, 0.5) is 0 Å². The molecular formula is C25H28ClNO9. The van der Waals surface area contributed by atoms with Crippen LogP contribution in [0, 0.1) is 0 Å². The highest BCUT2D eigenvalue weighted by atomic mass is 35.5. The van der Waals surface area contributed by atoms with E-state index in [9.17, 15) is 35.1 Å². The number of aromatic hydroxyl groups is 2. The first kappa shape index (κ1) is 26.5. The number of carbonyl (C=O) groups excluding carboxylic acids is 2. The Morgan fingerprint density at radius 3 is 2.25 bits per heavy atom. The van der Waals surface area contributed by atoms with Crippen LogP contribution in [-0.4, -0.2) is 73.8 Å². The molecule has 0 amide bonds. The predicted octanol–water partition coefficient (Wildman–Crippen LogP) is 0.845. The van der Waals surface area contributed by atoms with Gasteiger partial charge in [-0.2, -0.15) is 0 Å². The lowest BCUT2D eigenvalue weighted by Crippen LogP contribution is -2.52. The highest BCUT2D eigenvalue weighted by Gasteiger charge is 2.47. The Hall–Kier alpha value is -2.57. The molecule has 11 heteroatoms. The molecule has 0 spiro atoms. The van der Waals surface area contributed by atoms with Gasteiger partial charge in [-0.15, -0.1) is 12.4 Å². The summed E-state index contributed by atoms with van der Waals surface area (Å²) >= 11 is 0. The fraction of sp³-hybridized carbons (Fsp3) is 0.440. The Morgan fingerprint density at radius 2 is 1.69 bits per heavy atom. The quantitative estimate of drug-likeness (QED) is 0.270. The number of halogens is 1. The monoisotopic (exact) mass is 521 g/mol. The molecule has 0 saturated carbocycles. The first-order chi connectivity index (χ1) is 16.6. The van der Waals surface area contributed by atoms with Crippen LogP contribution in [0.15, 0.2) is 24.3 Å². The zero-order valence-electron chi connectivity index (χ0n) is 19.4. The van der Waals surface area contributed by atoms with E-state index < -0.39 is 65.9 Å². The van der Waals surface area contributed by atoms with Crippen LogP contribution in [0.5, 0.6) is 11.5 Å². The Morgan fingerprint density at radius 1 is 1.11 bits per heavy atom. The molecule has 7 N–H and O–H groups in total. The van der Waals surface area contributed by atoms with Crippen molar-refractivity contribution < 1.29 is 44.6 Å². The molecule has 1 heterocycles. The number of ether oxygens (including phenoxy) is 2. The van der Waals surface area contributed by atoms with Crippen molar-refractivity contribution in [2.75, 3.05) is 6.61 Å². The van der Waals surface area contributed by atoms with Gasteiger partial charge in [0.05, 0.1) is 41.6 Å². The maximum Gasteiger partial charge on any atom is 0.198 e. The number of nitrogens with two attached hydrogens (primary N) is 1. The van der Waals surface area contributed by atoms with E-state index in [4.69, 9.17) is 15.2 Å². The number of aliphatic hydroxyl groups excluding tert-OH is 2. The second-order valence-corrected chi connectivity index (χ2v) is 9.59. The maximum atomic E-state index is 13.3. The number of fused-ring (bicyclic) bond motifs is 3. The van der Waals surface area contributed by atoms with Gasteiger partial charge in [-0.25, -0.2) is 0 Å². The molecule has 36 heavy (non-hydrogen) atoms. The van der Waals surface area contributed by atoms with Gasteiger partial charge in [-0.1, -0.05) is 24.3 Å². The summed E-state index contributed by atoms with van der Waals surface area (Å²) in [5, 5.41) is 53.4. The van der Waals surface area contributed by atoms with Crippen LogP contribution in [0.25, 0.3) is 0 Å². The van der Waals surface area contributed by atoms with Crippen molar-refractivity contribution in [3.8, 4) is 11.5 Å². The van der Waals surface area contributed by atoms with Gasteiger partial charge in [0.15, 0.2) is 17.9 Å². The molecule has 194 valence electrons. The lowest BCUT2D eigenvalue weighted by Gasteiger charge is -2.42. The minimum absolute atomic E-state index is 0. The van der Waals surface area contributed by atoms with Gasteiger partial charge in [0, 0.05) is 47.6 Å². The molecule has 0 bridgehead atoms. The highest BCUT2D eigenvalue weighted by molar-refractivity contribution is 6.30. The van der Waals surface area contributed by atoms with Crippen molar-refractivity contribution in [2.45, 2.75) is 62.4 Å². The average Bonchev–Trinajstić information content (AvgIpc) is 2.83. The van der Waals surface area contributed by atoms with Crippen molar-refractivity contribution in [3.63, 3.8) is 0 Å². The van der Waals surface area contributed by atoms with E-state index in [0.29, 0.717) is 0 Å². The van der Waals surface area contributed by atoms with Crippen molar-refractivity contribution in [1.82, 2.24) is 0 Å². The van der Waals surface area contributed by atoms with Crippen LogP contribution in [0.2, 0.25) is 0 Å². The molecule has 2 aromatic carbocycles. The van der Waals surface area contributed by atoms with Gasteiger partial charge in [-0.05, 0) is 6.92 Å². The van der Waals surface area contributed by atoms with Gasteiger partial charge in [0.25, 0.3) is 0 Å². The number of carbonyl (C=O) groups is 2. The van der Waals surface area contributed by atoms with Gasteiger partial charge in [0.1, 0.15) is 11.5 Å². The predicted molar refractivity (Wildman–Crippen MR) is 127 cm³/mol. The summed E-state index contributed by atoms with van der Waals surface area (Å²) in [6.45, 7) is 0.944. The molecule has 10 nitrogen and oxygen atoms in total. The number of benzene rings is 2. The van der Waals surface area contributed by atoms with E-state index in [1.54, 1.807) is 19.1 Å². The standard InChI is InChI=1S/C25H27NO9.ClH/c1-10-20(28)14(26)6-16(34-10)35-15-8-25(33,9-27)7-13-17(15)24(32)19-18(23(13)31)21(29)11-4-2-3-5-12(11)22(19)30;/h2-5,10,14-16,20,27-28,31-33H,6-9,26H2,1H3;1H/t10-,14-,15-,16?,20+,25-;/m0./s1. The van der Waals surface area contributed by atoms with Gasteiger partial charge in [0.2, 0.25) is 0 Å². The second-order valence-electron chi connectivity index (χ2n) is 9.59. The summed E-state index contributed by atoms with van der Waals surface area (Å²) in [7, 11) is 0. The topological polar surface area (TPSA) is 180 Å². The van der Waals surface area contributed by atoms with Crippen LogP contribution in [-0.2, 0) is 15.9 Å². The van der Waals surface area contributed by atoms with Crippen LogP contribution in [0.1, 0.15) is 68.8 Å². The zero-order valence-corrected chi connectivity index (χ0v) is 20.2. The number of phenols is 2.